The molecule has 7 unspecified atom stereocenters. The number of ether oxygens (including phenoxy) is 1. The van der Waals surface area contributed by atoms with Crippen LogP contribution in [0.2, 0.25) is 0 Å². The number of Topliss-reactive ketones (excluding diaryl/α,β-unsaturated/α-hetero) is 1. The molecule has 5 heterocycles. The average Bonchev–Trinajstić information content (AvgIpc) is 3.46. The summed E-state index contributed by atoms with van der Waals surface area (Å²) in [5.74, 6) is -0.628. The predicted octanol–water partition coefficient (Wildman–Crippen LogP) is 2.24. The summed E-state index contributed by atoms with van der Waals surface area (Å²) in [6.07, 6.45) is 6.05. The summed E-state index contributed by atoms with van der Waals surface area (Å²) in [5.41, 5.74) is -0.928. The summed E-state index contributed by atoms with van der Waals surface area (Å²) >= 11 is 0. The molecule has 30 heavy (non-hydrogen) atoms. The van der Waals surface area contributed by atoms with Crippen LogP contribution >= 0.6 is 0 Å². The topological polar surface area (TPSA) is 88.8 Å². The van der Waals surface area contributed by atoms with Gasteiger partial charge >= 0.3 is 0 Å². The van der Waals surface area contributed by atoms with Crippen molar-refractivity contribution in [2.75, 3.05) is 6.54 Å². The van der Waals surface area contributed by atoms with Crippen LogP contribution in [0.3, 0.4) is 0 Å². The van der Waals surface area contributed by atoms with Crippen LogP contribution in [0.25, 0.3) is 0 Å². The van der Waals surface area contributed by atoms with Crippen LogP contribution < -0.4 is 5.32 Å². The lowest BCUT2D eigenvalue weighted by atomic mass is 9.70. The van der Waals surface area contributed by atoms with Crippen LogP contribution in [0.5, 0.6) is 0 Å². The second-order valence-electron chi connectivity index (χ2n) is 9.45. The van der Waals surface area contributed by atoms with Gasteiger partial charge in [0.05, 0.1) is 36.3 Å². The van der Waals surface area contributed by atoms with E-state index in [-0.39, 0.29) is 29.9 Å². The summed E-state index contributed by atoms with van der Waals surface area (Å²) in [5, 5.41) is 3.00. The quantitative estimate of drug-likeness (QED) is 0.750. The van der Waals surface area contributed by atoms with Gasteiger partial charge in [-0.3, -0.25) is 14.4 Å². The van der Waals surface area contributed by atoms with Crippen LogP contribution in [0.1, 0.15) is 45.4 Å². The number of amides is 2. The molecule has 0 aromatic carbocycles. The zero-order valence-electron chi connectivity index (χ0n) is 17.5. The molecule has 2 amide bonds. The van der Waals surface area contributed by atoms with Gasteiger partial charge in [0.15, 0.2) is 0 Å². The molecule has 7 atom stereocenters. The Morgan fingerprint density at radius 2 is 2.17 bits per heavy atom. The molecular formula is C23H28N2O5. The van der Waals surface area contributed by atoms with Gasteiger partial charge in [0.1, 0.15) is 17.1 Å². The SMILES string of the molecule is CC(C)CCNC(=O)C1C2C=CC3(O2)C1C(=O)N1C(c2ccco2)CC(=O)C(C)C13. The second-order valence-corrected chi connectivity index (χ2v) is 9.45. The first-order valence-corrected chi connectivity index (χ1v) is 10.9. The Balaban J connectivity index is 1.49. The van der Waals surface area contributed by atoms with Crippen molar-refractivity contribution in [3.8, 4) is 0 Å². The van der Waals surface area contributed by atoms with E-state index in [9.17, 15) is 14.4 Å². The smallest absolute Gasteiger partial charge is 0.230 e. The van der Waals surface area contributed by atoms with E-state index in [1.807, 2.05) is 19.1 Å². The molecule has 1 aromatic heterocycles. The first-order valence-electron chi connectivity index (χ1n) is 10.9. The Morgan fingerprint density at radius 1 is 1.37 bits per heavy atom. The molecule has 3 fully saturated rings. The van der Waals surface area contributed by atoms with Crippen molar-refractivity contribution in [1.29, 1.82) is 0 Å². The maximum Gasteiger partial charge on any atom is 0.230 e. The minimum atomic E-state index is -0.928. The Bertz CT molecular complexity index is 907. The fourth-order valence-electron chi connectivity index (χ4n) is 5.86. The van der Waals surface area contributed by atoms with Gasteiger partial charge in [-0.05, 0) is 24.5 Å². The van der Waals surface area contributed by atoms with E-state index in [1.165, 1.54) is 0 Å². The van der Waals surface area contributed by atoms with Gasteiger partial charge in [-0.2, -0.15) is 0 Å². The van der Waals surface area contributed by atoms with E-state index in [0.29, 0.717) is 18.2 Å². The van der Waals surface area contributed by atoms with Crippen molar-refractivity contribution in [3.63, 3.8) is 0 Å². The first-order chi connectivity index (χ1) is 14.3. The summed E-state index contributed by atoms with van der Waals surface area (Å²) in [4.78, 5) is 41.5. The van der Waals surface area contributed by atoms with Crippen LogP contribution in [-0.2, 0) is 19.1 Å². The Hall–Kier alpha value is -2.41. The highest BCUT2D eigenvalue weighted by atomic mass is 16.5. The summed E-state index contributed by atoms with van der Waals surface area (Å²) in [6.45, 7) is 6.66. The summed E-state index contributed by atoms with van der Waals surface area (Å²) in [7, 11) is 0. The number of rotatable bonds is 5. The molecule has 7 heteroatoms. The number of hydrogen-bond acceptors (Lipinski definition) is 5. The van der Waals surface area contributed by atoms with Crippen LogP contribution in [0.4, 0.5) is 0 Å². The molecule has 0 radical (unpaired) electrons. The van der Waals surface area contributed by atoms with Crippen molar-refractivity contribution in [2.45, 2.75) is 57.4 Å². The van der Waals surface area contributed by atoms with Gasteiger partial charge in [-0.15, -0.1) is 0 Å². The molecular weight excluding hydrogens is 384 g/mol. The largest absolute Gasteiger partial charge is 0.467 e. The molecule has 160 valence electrons. The number of ketones is 1. The van der Waals surface area contributed by atoms with Gasteiger partial charge in [0.25, 0.3) is 0 Å². The minimum absolute atomic E-state index is 0.0887. The molecule has 5 rings (SSSR count). The van der Waals surface area contributed by atoms with Crippen LogP contribution in [0, 0.1) is 23.7 Å². The molecule has 1 spiro atoms. The Labute approximate surface area is 175 Å². The molecule has 3 saturated heterocycles. The highest BCUT2D eigenvalue weighted by Gasteiger charge is 2.74. The molecule has 1 aromatic rings. The molecule has 4 aliphatic rings. The molecule has 1 N–H and O–H groups in total. The molecule has 7 nitrogen and oxygen atoms in total. The number of carbonyl (C=O) groups excluding carboxylic acids is 3. The van der Waals surface area contributed by atoms with E-state index >= 15 is 0 Å². The summed E-state index contributed by atoms with van der Waals surface area (Å²) in [6, 6.07) is 2.68. The first kappa shape index (κ1) is 19.5. The van der Waals surface area contributed by atoms with Crippen molar-refractivity contribution >= 4 is 17.6 Å². The lowest BCUT2D eigenvalue weighted by Crippen LogP contribution is -2.55. The normalized spacial score (nSPS) is 39.0. The lowest BCUT2D eigenvalue weighted by Gasteiger charge is -2.43. The summed E-state index contributed by atoms with van der Waals surface area (Å²) < 4.78 is 11.9. The van der Waals surface area contributed by atoms with E-state index in [0.717, 1.165) is 6.42 Å². The third kappa shape index (κ3) is 2.57. The average molecular weight is 412 g/mol. The van der Waals surface area contributed by atoms with Crippen LogP contribution in [-0.4, -0.2) is 46.8 Å². The number of hydrogen-bond donors (Lipinski definition) is 1. The number of piperidine rings is 1. The number of furan rings is 1. The van der Waals surface area contributed by atoms with Gasteiger partial charge in [0.2, 0.25) is 11.8 Å². The standard InChI is InChI=1S/C23H28N2O5/c1-12(2)7-9-24-21(27)18-17-6-8-23(30-17)19(18)22(28)25-14(16-5-4-10-29-16)11-15(26)13(3)20(23)25/h4-6,8,10,12-14,17-20H,7,9,11H2,1-3H3,(H,24,27). The third-order valence-corrected chi connectivity index (χ3v) is 7.28. The van der Waals surface area contributed by atoms with Crippen molar-refractivity contribution < 1.29 is 23.5 Å². The van der Waals surface area contributed by atoms with Gasteiger partial charge in [-0.1, -0.05) is 32.9 Å². The minimum Gasteiger partial charge on any atom is -0.467 e. The number of nitrogens with zero attached hydrogens (tertiary/aromatic N) is 1. The van der Waals surface area contributed by atoms with Crippen LogP contribution in [0.15, 0.2) is 35.0 Å². The highest BCUT2D eigenvalue weighted by Crippen LogP contribution is 2.59. The highest BCUT2D eigenvalue weighted by molar-refractivity contribution is 5.96. The monoisotopic (exact) mass is 412 g/mol. The number of fused-ring (bicyclic) bond motifs is 2. The molecule has 2 bridgehead atoms. The van der Waals surface area contributed by atoms with Gasteiger partial charge in [0, 0.05) is 18.9 Å². The zero-order valence-corrected chi connectivity index (χ0v) is 17.5. The fourth-order valence-corrected chi connectivity index (χ4v) is 5.86. The van der Waals surface area contributed by atoms with Gasteiger partial charge in [-0.25, -0.2) is 0 Å². The fraction of sp³-hybridized carbons (Fsp3) is 0.609. The van der Waals surface area contributed by atoms with E-state index in [2.05, 4.69) is 19.2 Å². The number of carbonyl (C=O) groups is 3. The Morgan fingerprint density at radius 3 is 2.87 bits per heavy atom. The molecule has 0 saturated carbocycles. The van der Waals surface area contributed by atoms with Crippen molar-refractivity contribution in [1.82, 2.24) is 10.2 Å². The maximum absolute atomic E-state index is 13.7. The Kier molecular flexibility index (Phi) is 4.43. The second kappa shape index (κ2) is 6.80. The lowest BCUT2D eigenvalue weighted by molar-refractivity contribution is -0.148. The third-order valence-electron chi connectivity index (χ3n) is 7.28. The molecule has 0 aliphatic carbocycles. The van der Waals surface area contributed by atoms with E-state index in [4.69, 9.17) is 9.15 Å². The predicted molar refractivity (Wildman–Crippen MR) is 107 cm³/mol. The van der Waals surface area contributed by atoms with Crippen molar-refractivity contribution in [3.05, 3.63) is 36.3 Å². The number of nitrogens with one attached hydrogen (secondary N) is 1. The molecule has 4 aliphatic heterocycles. The van der Waals surface area contributed by atoms with E-state index < -0.39 is 35.6 Å². The zero-order chi connectivity index (χ0) is 21.2. The maximum atomic E-state index is 13.7. The van der Waals surface area contributed by atoms with Crippen molar-refractivity contribution in [2.24, 2.45) is 23.7 Å². The van der Waals surface area contributed by atoms with E-state index in [1.54, 1.807) is 23.3 Å². The van der Waals surface area contributed by atoms with Gasteiger partial charge < -0.3 is 19.4 Å².